The minimum absolute atomic E-state index is 0.137. The first kappa shape index (κ1) is 16.6. The minimum atomic E-state index is -3.87. The van der Waals surface area contributed by atoms with Crippen LogP contribution < -0.4 is 0 Å². The Morgan fingerprint density at radius 3 is 2.46 bits per heavy atom. The van der Waals surface area contributed by atoms with Crippen molar-refractivity contribution in [2.24, 2.45) is 0 Å². The van der Waals surface area contributed by atoms with Gasteiger partial charge in [-0.05, 0) is 18.7 Å². The number of benzene rings is 1. The van der Waals surface area contributed by atoms with Crippen molar-refractivity contribution < 1.29 is 12.8 Å². The molecule has 1 saturated heterocycles. The summed E-state index contributed by atoms with van der Waals surface area (Å²) in [6, 6.07) is 10.8. The van der Waals surface area contributed by atoms with Crippen LogP contribution in [0.4, 0.5) is 0 Å². The van der Waals surface area contributed by atoms with E-state index in [1.165, 1.54) is 4.31 Å². The van der Waals surface area contributed by atoms with Crippen molar-refractivity contribution in [1.29, 1.82) is 5.26 Å². The molecule has 0 N–H and O–H groups in total. The van der Waals surface area contributed by atoms with Crippen molar-refractivity contribution in [3.8, 4) is 17.5 Å². The summed E-state index contributed by atoms with van der Waals surface area (Å²) < 4.78 is 32.5. The predicted molar refractivity (Wildman–Crippen MR) is 87.5 cm³/mol. The number of nitriles is 1. The zero-order valence-electron chi connectivity index (χ0n) is 13.3. The lowest BCUT2D eigenvalue weighted by atomic mass is 10.2. The summed E-state index contributed by atoms with van der Waals surface area (Å²) in [6.07, 6.45) is 0. The number of likely N-dealkylation sites (N-methyl/N-ethyl adjacent to an activating group) is 1. The highest BCUT2D eigenvalue weighted by atomic mass is 32.2. The van der Waals surface area contributed by atoms with Crippen LogP contribution in [0.5, 0.6) is 0 Å². The molecule has 3 rings (SSSR count). The van der Waals surface area contributed by atoms with Crippen molar-refractivity contribution >= 4 is 10.0 Å². The van der Waals surface area contributed by atoms with Gasteiger partial charge in [0.05, 0.1) is 0 Å². The lowest BCUT2D eigenvalue weighted by Crippen LogP contribution is -2.48. The molecule has 1 aliphatic rings. The third kappa shape index (κ3) is 3.06. The summed E-state index contributed by atoms with van der Waals surface area (Å²) in [5.41, 5.74) is 0.429. The normalized spacial score (nSPS) is 16.8. The van der Waals surface area contributed by atoms with Crippen LogP contribution >= 0.6 is 0 Å². The molecule has 7 nitrogen and oxygen atoms in total. The van der Waals surface area contributed by atoms with Gasteiger partial charge in [0.1, 0.15) is 6.07 Å². The Balaban J connectivity index is 1.94. The van der Waals surface area contributed by atoms with Gasteiger partial charge in [0.25, 0.3) is 15.1 Å². The van der Waals surface area contributed by atoms with Crippen molar-refractivity contribution in [1.82, 2.24) is 14.2 Å². The van der Waals surface area contributed by atoms with E-state index in [0.29, 0.717) is 31.7 Å². The highest BCUT2D eigenvalue weighted by Gasteiger charge is 2.34. The smallest absolute Gasteiger partial charge is 0.279 e. The molecule has 0 radical (unpaired) electrons. The van der Waals surface area contributed by atoms with Crippen LogP contribution in [0, 0.1) is 11.3 Å². The van der Waals surface area contributed by atoms with Gasteiger partial charge in [-0.1, -0.05) is 25.1 Å². The molecule has 0 bridgehead atoms. The highest BCUT2D eigenvalue weighted by molar-refractivity contribution is 7.89. The molecule has 2 heterocycles. The monoisotopic (exact) mass is 346 g/mol. The first-order valence-corrected chi connectivity index (χ1v) is 9.19. The predicted octanol–water partition coefficient (Wildman–Crippen LogP) is 1.54. The highest BCUT2D eigenvalue weighted by Crippen LogP contribution is 2.27. The maximum atomic E-state index is 12.8. The SMILES string of the molecule is CCN1CCN(S(=O)(=O)c2oc(-c3ccccc3)nc2C#N)CC1. The van der Waals surface area contributed by atoms with Crippen LogP contribution in [0.15, 0.2) is 39.8 Å². The largest absolute Gasteiger partial charge is 0.422 e. The van der Waals surface area contributed by atoms with E-state index in [0.717, 1.165) is 6.54 Å². The number of rotatable bonds is 4. The van der Waals surface area contributed by atoms with Crippen molar-refractivity contribution in [2.45, 2.75) is 12.0 Å². The van der Waals surface area contributed by atoms with E-state index in [4.69, 9.17) is 4.42 Å². The average molecular weight is 346 g/mol. The van der Waals surface area contributed by atoms with Crippen LogP contribution in [-0.2, 0) is 10.0 Å². The van der Waals surface area contributed by atoms with Crippen molar-refractivity contribution in [2.75, 3.05) is 32.7 Å². The van der Waals surface area contributed by atoms with Crippen molar-refractivity contribution in [3.63, 3.8) is 0 Å². The number of hydrogen-bond donors (Lipinski definition) is 0. The Bertz CT molecular complexity index is 847. The van der Waals surface area contributed by atoms with Crippen LogP contribution in [0.1, 0.15) is 12.6 Å². The molecule has 1 fully saturated rings. The fraction of sp³-hybridized carbons (Fsp3) is 0.375. The standard InChI is InChI=1S/C16H18N4O3S/c1-2-19-8-10-20(11-9-19)24(21,22)16-14(12-17)18-15(23-16)13-6-4-3-5-7-13/h3-7H,2,8-11H2,1H3. The Hall–Kier alpha value is -2.21. The Labute approximate surface area is 141 Å². The lowest BCUT2D eigenvalue weighted by Gasteiger charge is -2.32. The van der Waals surface area contributed by atoms with Gasteiger partial charge in [0.2, 0.25) is 5.89 Å². The quantitative estimate of drug-likeness (QED) is 0.834. The molecule has 0 aliphatic carbocycles. The van der Waals surface area contributed by atoms with Gasteiger partial charge in [0, 0.05) is 31.7 Å². The number of sulfonamides is 1. The van der Waals surface area contributed by atoms with Gasteiger partial charge in [0.15, 0.2) is 5.69 Å². The second kappa shape index (κ2) is 6.73. The van der Waals surface area contributed by atoms with Gasteiger partial charge >= 0.3 is 0 Å². The van der Waals surface area contributed by atoms with Crippen LogP contribution in [-0.4, -0.2) is 55.3 Å². The van der Waals surface area contributed by atoms with Gasteiger partial charge in [-0.25, -0.2) is 8.42 Å². The number of hydrogen-bond acceptors (Lipinski definition) is 6. The van der Waals surface area contributed by atoms with Crippen LogP contribution in [0.3, 0.4) is 0 Å². The number of oxazole rings is 1. The van der Waals surface area contributed by atoms with E-state index in [1.54, 1.807) is 24.3 Å². The summed E-state index contributed by atoms with van der Waals surface area (Å²) in [5.74, 6) is 0.137. The van der Waals surface area contributed by atoms with E-state index < -0.39 is 10.0 Å². The molecule has 1 aliphatic heterocycles. The third-order valence-electron chi connectivity index (χ3n) is 4.08. The Morgan fingerprint density at radius 2 is 1.88 bits per heavy atom. The average Bonchev–Trinajstić information content (AvgIpc) is 3.08. The van der Waals surface area contributed by atoms with Gasteiger partial charge in [-0.3, -0.25) is 0 Å². The van der Waals surface area contributed by atoms with E-state index in [9.17, 15) is 13.7 Å². The molecular formula is C16H18N4O3S. The Morgan fingerprint density at radius 1 is 1.21 bits per heavy atom. The number of nitrogens with zero attached hydrogens (tertiary/aromatic N) is 4. The number of piperazine rings is 1. The van der Waals surface area contributed by atoms with E-state index in [-0.39, 0.29) is 16.7 Å². The lowest BCUT2D eigenvalue weighted by molar-refractivity contribution is 0.194. The topological polar surface area (TPSA) is 90.4 Å². The molecule has 0 atom stereocenters. The summed E-state index contributed by atoms with van der Waals surface area (Å²) in [7, 11) is -3.87. The molecule has 24 heavy (non-hydrogen) atoms. The van der Waals surface area contributed by atoms with Gasteiger partial charge in [-0.2, -0.15) is 14.6 Å². The summed E-state index contributed by atoms with van der Waals surface area (Å²) >= 11 is 0. The fourth-order valence-corrected chi connectivity index (χ4v) is 4.06. The van der Waals surface area contributed by atoms with E-state index >= 15 is 0 Å². The zero-order chi connectivity index (χ0) is 17.2. The minimum Gasteiger partial charge on any atom is -0.422 e. The molecule has 0 spiro atoms. The fourth-order valence-electron chi connectivity index (χ4n) is 2.66. The van der Waals surface area contributed by atoms with E-state index in [2.05, 4.69) is 9.88 Å². The second-order valence-electron chi connectivity index (χ2n) is 5.47. The van der Waals surface area contributed by atoms with Gasteiger partial charge in [-0.15, -0.1) is 0 Å². The molecular weight excluding hydrogens is 328 g/mol. The van der Waals surface area contributed by atoms with Crippen LogP contribution in [0.25, 0.3) is 11.5 Å². The molecule has 0 unspecified atom stereocenters. The van der Waals surface area contributed by atoms with E-state index in [1.807, 2.05) is 19.1 Å². The molecule has 2 aromatic rings. The van der Waals surface area contributed by atoms with Gasteiger partial charge < -0.3 is 9.32 Å². The third-order valence-corrected chi connectivity index (χ3v) is 5.87. The molecule has 0 amide bonds. The molecule has 0 saturated carbocycles. The van der Waals surface area contributed by atoms with Crippen molar-refractivity contribution in [3.05, 3.63) is 36.0 Å². The first-order chi connectivity index (χ1) is 11.6. The molecule has 126 valence electrons. The summed E-state index contributed by atoms with van der Waals surface area (Å²) in [4.78, 5) is 6.22. The second-order valence-corrected chi connectivity index (χ2v) is 7.31. The molecule has 8 heteroatoms. The Kier molecular flexibility index (Phi) is 4.66. The molecule has 1 aromatic heterocycles. The maximum Gasteiger partial charge on any atom is 0.279 e. The first-order valence-electron chi connectivity index (χ1n) is 7.75. The zero-order valence-corrected chi connectivity index (χ0v) is 14.2. The molecule has 1 aromatic carbocycles. The summed E-state index contributed by atoms with van der Waals surface area (Å²) in [6.45, 7) is 5.01. The maximum absolute atomic E-state index is 12.8. The number of aromatic nitrogens is 1. The van der Waals surface area contributed by atoms with Crippen LogP contribution in [0.2, 0.25) is 0 Å². The summed E-state index contributed by atoms with van der Waals surface area (Å²) in [5, 5.41) is 8.89.